The molecule has 0 spiro atoms. The molecule has 0 fully saturated rings. The van der Waals surface area contributed by atoms with E-state index in [9.17, 15) is 17.9 Å². The first-order valence-corrected chi connectivity index (χ1v) is 12.6. The highest BCUT2D eigenvalue weighted by atomic mass is 32.2. The number of benzene rings is 1. The summed E-state index contributed by atoms with van der Waals surface area (Å²) in [5.74, 6) is 0.215. The quantitative estimate of drug-likeness (QED) is 0.335. The van der Waals surface area contributed by atoms with E-state index in [0.717, 1.165) is 17.8 Å². The first-order chi connectivity index (χ1) is 17.7. The van der Waals surface area contributed by atoms with Gasteiger partial charge in [-0.15, -0.1) is 10.2 Å². The van der Waals surface area contributed by atoms with Gasteiger partial charge in [0.05, 0.1) is 26.1 Å². The summed E-state index contributed by atoms with van der Waals surface area (Å²) in [6.07, 6.45) is 2.60. The molecule has 3 heterocycles. The van der Waals surface area contributed by atoms with Gasteiger partial charge in [-0.3, -0.25) is 19.3 Å². The number of sulfonamides is 1. The third-order valence-electron chi connectivity index (χ3n) is 5.64. The SMILES string of the molecule is COc1cccc(OC)c1-n1c(NS(=O)(=O)[C@@H](C)[C@H](O)c2ccc(F)cn2)nnc1-c1cncc(C)c1. The van der Waals surface area contributed by atoms with Crippen molar-refractivity contribution < 1.29 is 27.4 Å². The van der Waals surface area contributed by atoms with Crippen molar-refractivity contribution in [2.45, 2.75) is 25.2 Å². The summed E-state index contributed by atoms with van der Waals surface area (Å²) in [5.41, 5.74) is 1.76. The zero-order chi connectivity index (χ0) is 26.7. The Morgan fingerprint density at radius 1 is 1.05 bits per heavy atom. The van der Waals surface area contributed by atoms with Gasteiger partial charge in [0.25, 0.3) is 0 Å². The first-order valence-electron chi connectivity index (χ1n) is 11.1. The van der Waals surface area contributed by atoms with E-state index in [1.54, 1.807) is 30.6 Å². The number of hydrogen-bond acceptors (Lipinski definition) is 9. The van der Waals surface area contributed by atoms with Gasteiger partial charge in [-0.1, -0.05) is 6.07 Å². The van der Waals surface area contributed by atoms with Crippen molar-refractivity contribution in [2.75, 3.05) is 18.9 Å². The molecule has 4 aromatic rings. The number of halogens is 1. The van der Waals surface area contributed by atoms with Crippen LogP contribution in [0.4, 0.5) is 10.3 Å². The molecule has 2 atom stereocenters. The van der Waals surface area contributed by atoms with Crippen LogP contribution in [0, 0.1) is 12.7 Å². The van der Waals surface area contributed by atoms with E-state index in [0.29, 0.717) is 22.7 Å². The Bertz CT molecular complexity index is 1490. The van der Waals surface area contributed by atoms with E-state index >= 15 is 0 Å². The topological polar surface area (TPSA) is 141 Å². The highest BCUT2D eigenvalue weighted by Crippen LogP contribution is 2.38. The fourth-order valence-corrected chi connectivity index (χ4v) is 4.72. The second-order valence-corrected chi connectivity index (χ2v) is 10.2. The zero-order valence-corrected chi connectivity index (χ0v) is 21.3. The molecule has 0 saturated heterocycles. The zero-order valence-electron chi connectivity index (χ0n) is 20.5. The maximum absolute atomic E-state index is 13.3. The molecule has 0 aliphatic rings. The summed E-state index contributed by atoms with van der Waals surface area (Å²) in [7, 11) is -1.34. The lowest BCUT2D eigenvalue weighted by atomic mass is 10.2. The average Bonchev–Trinajstić information content (AvgIpc) is 3.29. The van der Waals surface area contributed by atoms with Crippen molar-refractivity contribution in [3.05, 3.63) is 72.1 Å². The van der Waals surface area contributed by atoms with Crippen LogP contribution in [0.3, 0.4) is 0 Å². The maximum Gasteiger partial charge on any atom is 0.243 e. The van der Waals surface area contributed by atoms with Crippen molar-refractivity contribution in [3.63, 3.8) is 0 Å². The number of aromatic nitrogens is 5. The number of anilines is 1. The van der Waals surface area contributed by atoms with Crippen LogP contribution >= 0.6 is 0 Å². The van der Waals surface area contributed by atoms with Gasteiger partial charge >= 0.3 is 0 Å². The minimum atomic E-state index is -4.27. The molecule has 1 aromatic carbocycles. The average molecular weight is 529 g/mol. The first kappa shape index (κ1) is 26.0. The molecule has 0 aliphatic heterocycles. The second-order valence-electron chi connectivity index (χ2n) is 8.14. The molecule has 0 radical (unpaired) electrons. The van der Waals surface area contributed by atoms with E-state index < -0.39 is 27.2 Å². The van der Waals surface area contributed by atoms with Crippen molar-refractivity contribution in [2.24, 2.45) is 0 Å². The van der Waals surface area contributed by atoms with E-state index in [1.165, 1.54) is 31.8 Å². The molecule has 3 aromatic heterocycles. The number of ether oxygens (including phenoxy) is 2. The van der Waals surface area contributed by atoms with Gasteiger partial charge in [0, 0.05) is 18.0 Å². The number of aryl methyl sites for hydroxylation is 1. The Morgan fingerprint density at radius 2 is 1.76 bits per heavy atom. The van der Waals surface area contributed by atoms with Gasteiger partial charge in [0.2, 0.25) is 16.0 Å². The Morgan fingerprint density at radius 3 is 2.35 bits per heavy atom. The number of nitrogens with one attached hydrogen (secondary N) is 1. The molecule has 194 valence electrons. The molecule has 0 aliphatic carbocycles. The van der Waals surface area contributed by atoms with Crippen molar-refractivity contribution >= 4 is 16.0 Å². The number of pyridine rings is 2. The number of aliphatic hydroxyl groups excluding tert-OH is 1. The lowest BCUT2D eigenvalue weighted by Crippen LogP contribution is -2.32. The number of nitrogens with zero attached hydrogens (tertiary/aromatic N) is 5. The van der Waals surface area contributed by atoms with E-state index in [-0.39, 0.29) is 17.5 Å². The standard InChI is InChI=1S/C24H25FN6O5S/c1-14-10-16(12-26-11-14)23-28-29-24(31(23)21-19(35-3)6-5-7-20(21)36-4)30-37(33,34)15(2)22(32)18-9-8-17(25)13-27-18/h5-13,15,22,32H,1-4H3,(H,29,30)/t15-,22-/m0/s1. The Hall–Kier alpha value is -4.10. The fourth-order valence-electron chi connectivity index (χ4n) is 3.67. The van der Waals surface area contributed by atoms with Crippen LogP contribution in [0.15, 0.2) is 55.0 Å². The molecular formula is C24H25FN6O5S. The number of rotatable bonds is 9. The Labute approximate surface area is 213 Å². The van der Waals surface area contributed by atoms with Crippen molar-refractivity contribution in [1.29, 1.82) is 0 Å². The minimum Gasteiger partial charge on any atom is -0.494 e. The minimum absolute atomic E-state index is 0.00124. The summed E-state index contributed by atoms with van der Waals surface area (Å²) in [4.78, 5) is 8.00. The van der Waals surface area contributed by atoms with Gasteiger partial charge in [0.15, 0.2) is 5.82 Å². The van der Waals surface area contributed by atoms with Crippen LogP contribution < -0.4 is 14.2 Å². The van der Waals surface area contributed by atoms with Gasteiger partial charge in [-0.2, -0.15) is 0 Å². The molecule has 0 unspecified atom stereocenters. The molecule has 0 saturated carbocycles. The van der Waals surface area contributed by atoms with Crippen LogP contribution in [-0.2, 0) is 10.0 Å². The predicted octanol–water partition coefficient (Wildman–Crippen LogP) is 3.05. The number of methoxy groups -OCH3 is 2. The van der Waals surface area contributed by atoms with Crippen LogP contribution in [0.2, 0.25) is 0 Å². The molecule has 0 amide bonds. The largest absolute Gasteiger partial charge is 0.494 e. The van der Waals surface area contributed by atoms with Crippen molar-refractivity contribution in [1.82, 2.24) is 24.7 Å². The number of aliphatic hydroxyl groups is 1. The summed E-state index contributed by atoms with van der Waals surface area (Å²) < 4.78 is 54.9. The molecule has 4 rings (SSSR count). The van der Waals surface area contributed by atoms with E-state index in [2.05, 4.69) is 24.9 Å². The smallest absolute Gasteiger partial charge is 0.243 e. The van der Waals surface area contributed by atoms with Gasteiger partial charge in [-0.05, 0) is 49.7 Å². The van der Waals surface area contributed by atoms with Crippen LogP contribution in [0.25, 0.3) is 17.1 Å². The highest BCUT2D eigenvalue weighted by Gasteiger charge is 2.33. The lowest BCUT2D eigenvalue weighted by molar-refractivity contribution is 0.171. The molecule has 11 nitrogen and oxygen atoms in total. The van der Waals surface area contributed by atoms with Crippen LogP contribution in [0.1, 0.15) is 24.3 Å². The Balaban J connectivity index is 1.83. The number of para-hydroxylation sites is 1. The maximum atomic E-state index is 13.3. The summed E-state index contributed by atoms with van der Waals surface area (Å²) in [5, 5.41) is 17.6. The number of hydrogen-bond donors (Lipinski definition) is 2. The monoisotopic (exact) mass is 528 g/mol. The predicted molar refractivity (Wildman–Crippen MR) is 134 cm³/mol. The summed E-state index contributed by atoms with van der Waals surface area (Å²) in [6, 6.07) is 9.21. The van der Waals surface area contributed by atoms with Crippen LogP contribution in [0.5, 0.6) is 11.5 Å². The molecule has 37 heavy (non-hydrogen) atoms. The normalized spacial score (nSPS) is 13.1. The molecule has 0 bridgehead atoms. The van der Waals surface area contributed by atoms with Crippen LogP contribution in [-0.4, -0.2) is 57.7 Å². The van der Waals surface area contributed by atoms with E-state index in [4.69, 9.17) is 9.47 Å². The van der Waals surface area contributed by atoms with Gasteiger partial charge < -0.3 is 14.6 Å². The second kappa shape index (κ2) is 10.5. The summed E-state index contributed by atoms with van der Waals surface area (Å²) in [6.45, 7) is 3.16. The Kier molecular flexibility index (Phi) is 7.36. The fraction of sp³-hybridized carbons (Fsp3) is 0.250. The molecular weight excluding hydrogens is 503 g/mol. The van der Waals surface area contributed by atoms with Gasteiger partial charge in [-0.25, -0.2) is 12.8 Å². The van der Waals surface area contributed by atoms with Crippen molar-refractivity contribution in [3.8, 4) is 28.6 Å². The molecule has 13 heteroatoms. The summed E-state index contributed by atoms with van der Waals surface area (Å²) >= 11 is 0. The third-order valence-corrected chi connectivity index (χ3v) is 7.35. The van der Waals surface area contributed by atoms with E-state index in [1.807, 2.05) is 13.0 Å². The van der Waals surface area contributed by atoms with Gasteiger partial charge in [0.1, 0.15) is 34.4 Å². The molecule has 2 N–H and O–H groups in total. The lowest BCUT2D eigenvalue weighted by Gasteiger charge is -2.21. The highest BCUT2D eigenvalue weighted by molar-refractivity contribution is 7.93. The third kappa shape index (κ3) is 5.22.